The van der Waals surface area contributed by atoms with Gasteiger partial charge in [0.05, 0.1) is 0 Å². The van der Waals surface area contributed by atoms with Crippen LogP contribution in [-0.2, 0) is 28.6 Å². The van der Waals surface area contributed by atoms with E-state index in [1.54, 1.807) is 0 Å². The van der Waals surface area contributed by atoms with Gasteiger partial charge in [-0.25, -0.2) is 0 Å². The fraction of sp³-hybridized carbons (Fsp3) is 0.899. The van der Waals surface area contributed by atoms with Gasteiger partial charge in [-0.2, -0.15) is 0 Å². The van der Waals surface area contributed by atoms with Gasteiger partial charge in [-0.05, 0) is 51.4 Å². The Kier molecular flexibility index (Phi) is 62.6. The molecule has 0 amide bonds. The van der Waals surface area contributed by atoms with Crippen LogP contribution < -0.4 is 0 Å². The lowest BCUT2D eigenvalue weighted by molar-refractivity contribution is -0.167. The van der Waals surface area contributed by atoms with Crippen molar-refractivity contribution in [1.82, 2.24) is 0 Å². The largest absolute Gasteiger partial charge is 0.462 e. The minimum Gasteiger partial charge on any atom is -0.462 e. The van der Waals surface area contributed by atoms with Gasteiger partial charge in [-0.1, -0.05) is 334 Å². The highest BCUT2D eigenvalue weighted by molar-refractivity contribution is 5.71. The molecule has 0 spiro atoms. The molecular formula is C69H130O6. The number of carbonyl (C=O) groups excluding carboxylic acids is 3. The first-order valence-corrected chi connectivity index (χ1v) is 33.8. The molecule has 6 heteroatoms. The molecule has 0 aliphatic rings. The maximum Gasteiger partial charge on any atom is 0.306 e. The second kappa shape index (κ2) is 64.4. The van der Waals surface area contributed by atoms with E-state index in [0.717, 1.165) is 70.6 Å². The molecular weight excluding hydrogens is 925 g/mol. The zero-order chi connectivity index (χ0) is 54.3. The Morgan fingerprint density at radius 1 is 0.267 bits per heavy atom. The number of ether oxygens (including phenoxy) is 3. The maximum absolute atomic E-state index is 12.9. The molecule has 75 heavy (non-hydrogen) atoms. The van der Waals surface area contributed by atoms with Gasteiger partial charge in [0.1, 0.15) is 13.2 Å². The third-order valence-corrected chi connectivity index (χ3v) is 15.5. The molecule has 0 saturated carbocycles. The maximum atomic E-state index is 12.9. The highest BCUT2D eigenvalue weighted by Crippen LogP contribution is 2.18. The summed E-state index contributed by atoms with van der Waals surface area (Å²) in [4.78, 5) is 38.4. The Labute approximate surface area is 468 Å². The van der Waals surface area contributed by atoms with Crippen LogP contribution in [0.5, 0.6) is 0 Å². The monoisotopic (exact) mass is 1050 g/mol. The molecule has 0 aliphatic carbocycles. The van der Waals surface area contributed by atoms with Crippen molar-refractivity contribution in [1.29, 1.82) is 0 Å². The van der Waals surface area contributed by atoms with Crippen molar-refractivity contribution < 1.29 is 28.6 Å². The van der Waals surface area contributed by atoms with Crippen LogP contribution in [0, 0.1) is 0 Å². The van der Waals surface area contributed by atoms with Crippen molar-refractivity contribution in [2.45, 2.75) is 386 Å². The lowest BCUT2D eigenvalue weighted by Gasteiger charge is -2.18. The van der Waals surface area contributed by atoms with Gasteiger partial charge in [-0.3, -0.25) is 14.4 Å². The van der Waals surface area contributed by atoms with Gasteiger partial charge in [-0.15, -0.1) is 0 Å². The molecule has 0 heterocycles. The van der Waals surface area contributed by atoms with Crippen molar-refractivity contribution in [2.75, 3.05) is 13.2 Å². The highest BCUT2D eigenvalue weighted by Gasteiger charge is 2.19. The lowest BCUT2D eigenvalue weighted by Crippen LogP contribution is -2.30. The Bertz CT molecular complexity index is 1210. The van der Waals surface area contributed by atoms with Gasteiger partial charge in [0.25, 0.3) is 0 Å². The number of carbonyl (C=O) groups is 3. The third-order valence-electron chi connectivity index (χ3n) is 15.5. The summed E-state index contributed by atoms with van der Waals surface area (Å²) in [6.45, 7) is 6.69. The number of esters is 3. The van der Waals surface area contributed by atoms with Crippen LogP contribution in [0.4, 0.5) is 0 Å². The van der Waals surface area contributed by atoms with Crippen molar-refractivity contribution in [2.24, 2.45) is 0 Å². The van der Waals surface area contributed by atoms with Gasteiger partial charge >= 0.3 is 17.9 Å². The van der Waals surface area contributed by atoms with Crippen molar-refractivity contribution >= 4 is 17.9 Å². The minimum absolute atomic E-state index is 0.0672. The molecule has 0 aliphatic heterocycles. The molecule has 0 N–H and O–H groups in total. The summed E-state index contributed by atoms with van der Waals surface area (Å²) in [5.74, 6) is -0.843. The number of hydrogen-bond acceptors (Lipinski definition) is 6. The Morgan fingerprint density at radius 3 is 0.760 bits per heavy atom. The first-order chi connectivity index (χ1) is 37.0. The average molecular weight is 1060 g/mol. The summed E-state index contributed by atoms with van der Waals surface area (Å²) in [5.41, 5.74) is 0. The van der Waals surface area contributed by atoms with E-state index in [-0.39, 0.29) is 31.1 Å². The zero-order valence-electron chi connectivity index (χ0n) is 50.8. The summed E-state index contributed by atoms with van der Waals surface area (Å²) in [7, 11) is 0. The van der Waals surface area contributed by atoms with E-state index in [2.05, 4.69) is 45.1 Å². The Balaban J connectivity index is 4.30. The number of allylic oxidation sites excluding steroid dienone is 4. The quantitative estimate of drug-likeness (QED) is 0.0261. The zero-order valence-corrected chi connectivity index (χ0v) is 50.8. The number of rotatable bonds is 63. The molecule has 0 radical (unpaired) electrons. The van der Waals surface area contributed by atoms with Gasteiger partial charge in [0, 0.05) is 19.3 Å². The summed E-state index contributed by atoms with van der Waals surface area (Å²) in [6.07, 6.45) is 77.6. The SMILES string of the molecule is CCCCC/C=C\C/C=C\CCCCCCCCCC(=O)OC[C@H](COC(=O)CCCCCCCCCCCCCCCCCCCCCCC)OC(=O)CCCCCCCCCCCCCCCCCCCCC. The fourth-order valence-corrected chi connectivity index (χ4v) is 10.4. The average Bonchev–Trinajstić information content (AvgIpc) is 3.41. The van der Waals surface area contributed by atoms with Crippen LogP contribution in [0.2, 0.25) is 0 Å². The van der Waals surface area contributed by atoms with Crippen molar-refractivity contribution in [3.8, 4) is 0 Å². The van der Waals surface area contributed by atoms with Crippen molar-refractivity contribution in [3.05, 3.63) is 24.3 Å². The van der Waals surface area contributed by atoms with Gasteiger partial charge in [0.15, 0.2) is 6.10 Å². The van der Waals surface area contributed by atoms with Crippen molar-refractivity contribution in [3.63, 3.8) is 0 Å². The number of unbranched alkanes of at least 4 members (excludes halogenated alkanes) is 48. The predicted molar refractivity (Wildman–Crippen MR) is 326 cm³/mol. The van der Waals surface area contributed by atoms with Crippen LogP contribution in [-0.4, -0.2) is 37.2 Å². The molecule has 0 aromatic rings. The van der Waals surface area contributed by atoms with Crippen LogP contribution in [0.15, 0.2) is 24.3 Å². The standard InChI is InChI=1S/C69H130O6/c1-4-7-10-13-16-19-22-25-28-31-33-34-36-38-41-44-47-50-53-56-59-62-68(71)74-65-66(64-73-67(70)61-58-55-52-49-46-43-40-37-30-27-24-21-18-15-12-9-6-3)75-69(72)63-60-57-54-51-48-45-42-39-35-32-29-26-23-20-17-14-11-8-5-2/h18,21,27,30,66H,4-17,19-20,22-26,28-29,31-65H2,1-3H3/b21-18-,30-27-/t66-/m1/s1. The second-order valence-corrected chi connectivity index (χ2v) is 23.1. The normalized spacial score (nSPS) is 12.1. The lowest BCUT2D eigenvalue weighted by atomic mass is 10.0. The second-order valence-electron chi connectivity index (χ2n) is 23.1. The summed E-state index contributed by atoms with van der Waals surface area (Å²) in [6, 6.07) is 0. The van der Waals surface area contributed by atoms with Crippen LogP contribution in [0.1, 0.15) is 380 Å². The Hall–Kier alpha value is -2.11. The molecule has 0 rings (SSSR count). The summed E-state index contributed by atoms with van der Waals surface area (Å²) < 4.78 is 17.0. The first-order valence-electron chi connectivity index (χ1n) is 33.8. The molecule has 6 nitrogen and oxygen atoms in total. The topological polar surface area (TPSA) is 78.9 Å². The van der Waals surface area contributed by atoms with Gasteiger partial charge in [0.2, 0.25) is 0 Å². The van der Waals surface area contributed by atoms with Crippen LogP contribution >= 0.6 is 0 Å². The van der Waals surface area contributed by atoms with E-state index >= 15 is 0 Å². The predicted octanol–water partition coefficient (Wildman–Crippen LogP) is 23.0. The van der Waals surface area contributed by atoms with E-state index in [9.17, 15) is 14.4 Å². The van der Waals surface area contributed by atoms with E-state index in [1.165, 1.54) is 270 Å². The van der Waals surface area contributed by atoms with Crippen LogP contribution in [0.25, 0.3) is 0 Å². The molecule has 0 bridgehead atoms. The van der Waals surface area contributed by atoms with E-state index < -0.39 is 6.10 Å². The minimum atomic E-state index is -0.771. The fourth-order valence-electron chi connectivity index (χ4n) is 10.4. The highest BCUT2D eigenvalue weighted by atomic mass is 16.6. The molecule has 0 aromatic carbocycles. The molecule has 1 atom stereocenters. The Morgan fingerprint density at radius 2 is 0.480 bits per heavy atom. The molecule has 0 unspecified atom stereocenters. The van der Waals surface area contributed by atoms with E-state index in [0.29, 0.717) is 19.3 Å². The van der Waals surface area contributed by atoms with E-state index in [1.807, 2.05) is 0 Å². The van der Waals surface area contributed by atoms with Gasteiger partial charge < -0.3 is 14.2 Å². The molecule has 0 saturated heterocycles. The van der Waals surface area contributed by atoms with Crippen LogP contribution in [0.3, 0.4) is 0 Å². The van der Waals surface area contributed by atoms with E-state index in [4.69, 9.17) is 14.2 Å². The first kappa shape index (κ1) is 72.9. The smallest absolute Gasteiger partial charge is 0.306 e. The summed E-state index contributed by atoms with van der Waals surface area (Å²) >= 11 is 0. The number of hydrogen-bond donors (Lipinski definition) is 0. The molecule has 0 fully saturated rings. The summed E-state index contributed by atoms with van der Waals surface area (Å²) in [5, 5.41) is 0. The molecule has 442 valence electrons. The molecule has 0 aromatic heterocycles. The third kappa shape index (κ3) is 62.6.